The molecule has 0 saturated heterocycles. The summed E-state index contributed by atoms with van der Waals surface area (Å²) in [6.07, 6.45) is 1.62. The van der Waals surface area contributed by atoms with E-state index in [0.29, 0.717) is 17.5 Å². The summed E-state index contributed by atoms with van der Waals surface area (Å²) in [7, 11) is 0. The summed E-state index contributed by atoms with van der Waals surface area (Å²) in [5.41, 5.74) is 0.918. The number of oxazole rings is 1. The first-order valence-corrected chi connectivity index (χ1v) is 7.74. The Labute approximate surface area is 132 Å². The predicted molar refractivity (Wildman–Crippen MR) is 84.5 cm³/mol. The zero-order valence-electron chi connectivity index (χ0n) is 12.3. The molecule has 0 spiro atoms. The number of rotatable bonds is 5. The molecule has 0 radical (unpaired) electrons. The molecule has 0 aliphatic rings. The molecule has 116 valence electrons. The van der Waals surface area contributed by atoms with E-state index in [1.54, 1.807) is 20.0 Å². The summed E-state index contributed by atoms with van der Waals surface area (Å²) in [5.74, 6) is 0.245. The number of thioether (sulfide) groups is 1. The average Bonchev–Trinajstić information content (AvgIpc) is 2.96. The van der Waals surface area contributed by atoms with Crippen molar-refractivity contribution < 1.29 is 14.0 Å². The SMILES string of the molecule is CCNC(=O)NC(=O)[C@H](C)Sc1ncc(-c2ccccc2)o1. The number of hydrogen-bond acceptors (Lipinski definition) is 5. The molecule has 2 aromatic rings. The molecule has 22 heavy (non-hydrogen) atoms. The highest BCUT2D eigenvalue weighted by molar-refractivity contribution is 8.00. The summed E-state index contributed by atoms with van der Waals surface area (Å²) in [4.78, 5) is 27.3. The van der Waals surface area contributed by atoms with Gasteiger partial charge < -0.3 is 9.73 Å². The third-order valence-corrected chi connectivity index (χ3v) is 3.72. The van der Waals surface area contributed by atoms with Crippen LogP contribution in [0.15, 0.2) is 46.2 Å². The molecule has 1 aromatic carbocycles. The van der Waals surface area contributed by atoms with Crippen LogP contribution in [0.25, 0.3) is 11.3 Å². The van der Waals surface area contributed by atoms with Gasteiger partial charge in [-0.05, 0) is 13.8 Å². The highest BCUT2D eigenvalue weighted by Crippen LogP contribution is 2.27. The third-order valence-electron chi connectivity index (χ3n) is 2.76. The number of hydrogen-bond donors (Lipinski definition) is 2. The highest BCUT2D eigenvalue weighted by atomic mass is 32.2. The molecule has 2 rings (SSSR count). The van der Waals surface area contributed by atoms with E-state index in [1.165, 1.54) is 0 Å². The molecule has 0 aliphatic heterocycles. The number of benzene rings is 1. The van der Waals surface area contributed by atoms with Crippen molar-refractivity contribution in [1.29, 1.82) is 0 Å². The Bertz CT molecular complexity index is 642. The Morgan fingerprint density at radius 1 is 1.32 bits per heavy atom. The lowest BCUT2D eigenvalue weighted by molar-refractivity contribution is -0.119. The second kappa shape index (κ2) is 7.65. The second-order valence-corrected chi connectivity index (χ2v) is 5.76. The smallest absolute Gasteiger partial charge is 0.321 e. The fourth-order valence-electron chi connectivity index (χ4n) is 1.67. The van der Waals surface area contributed by atoms with E-state index in [1.807, 2.05) is 30.3 Å². The number of nitrogens with zero attached hydrogens (tertiary/aromatic N) is 1. The fourth-order valence-corrected chi connectivity index (χ4v) is 2.39. The van der Waals surface area contributed by atoms with Gasteiger partial charge in [0.15, 0.2) is 5.76 Å². The van der Waals surface area contributed by atoms with Gasteiger partial charge in [0.05, 0.1) is 11.4 Å². The lowest BCUT2D eigenvalue weighted by atomic mass is 10.2. The molecule has 0 fully saturated rings. The first kappa shape index (κ1) is 16.1. The Balaban J connectivity index is 1.95. The van der Waals surface area contributed by atoms with Crippen LogP contribution in [0.4, 0.5) is 4.79 Å². The van der Waals surface area contributed by atoms with E-state index >= 15 is 0 Å². The van der Waals surface area contributed by atoms with Gasteiger partial charge in [-0.1, -0.05) is 42.1 Å². The van der Waals surface area contributed by atoms with Gasteiger partial charge >= 0.3 is 6.03 Å². The van der Waals surface area contributed by atoms with Crippen LogP contribution in [0.5, 0.6) is 0 Å². The van der Waals surface area contributed by atoms with Gasteiger partial charge in [-0.2, -0.15) is 0 Å². The van der Waals surface area contributed by atoms with Crippen LogP contribution < -0.4 is 10.6 Å². The largest absolute Gasteiger partial charge is 0.431 e. The van der Waals surface area contributed by atoms with Crippen LogP contribution in [0.1, 0.15) is 13.8 Å². The molecule has 1 aromatic heterocycles. The van der Waals surface area contributed by atoms with Gasteiger partial charge in [0.25, 0.3) is 5.22 Å². The molecule has 1 heterocycles. The minimum Gasteiger partial charge on any atom is -0.431 e. The molecule has 6 nitrogen and oxygen atoms in total. The maximum absolute atomic E-state index is 11.8. The standard InChI is InChI=1S/C15H17N3O3S/c1-3-16-14(20)18-13(19)10(2)22-15-17-9-12(21-15)11-7-5-4-6-8-11/h4-10H,3H2,1-2H3,(H2,16,18,19,20)/t10-/m0/s1. The molecule has 0 aliphatic carbocycles. The van der Waals surface area contributed by atoms with E-state index < -0.39 is 17.2 Å². The Morgan fingerprint density at radius 2 is 2.05 bits per heavy atom. The van der Waals surface area contributed by atoms with Gasteiger partial charge in [-0.15, -0.1) is 0 Å². The second-order valence-electron chi connectivity index (χ2n) is 4.47. The number of imide groups is 1. The van der Waals surface area contributed by atoms with E-state index in [9.17, 15) is 9.59 Å². The Kier molecular flexibility index (Phi) is 5.60. The van der Waals surface area contributed by atoms with Gasteiger partial charge in [0, 0.05) is 12.1 Å². The van der Waals surface area contributed by atoms with Gasteiger partial charge in [-0.25, -0.2) is 9.78 Å². The summed E-state index contributed by atoms with van der Waals surface area (Å²) in [5, 5.41) is 4.65. The van der Waals surface area contributed by atoms with E-state index in [4.69, 9.17) is 4.42 Å². The van der Waals surface area contributed by atoms with Gasteiger partial charge in [-0.3, -0.25) is 10.1 Å². The number of urea groups is 1. The van der Waals surface area contributed by atoms with E-state index in [0.717, 1.165) is 17.3 Å². The van der Waals surface area contributed by atoms with Crippen molar-refractivity contribution in [3.8, 4) is 11.3 Å². The number of carbonyl (C=O) groups excluding carboxylic acids is 2. The first-order valence-electron chi connectivity index (χ1n) is 6.86. The van der Waals surface area contributed by atoms with Crippen LogP contribution >= 0.6 is 11.8 Å². The fraction of sp³-hybridized carbons (Fsp3) is 0.267. The number of nitrogens with one attached hydrogen (secondary N) is 2. The van der Waals surface area contributed by atoms with Crippen LogP contribution in [0.3, 0.4) is 0 Å². The monoisotopic (exact) mass is 319 g/mol. The molecular formula is C15H17N3O3S. The molecule has 7 heteroatoms. The Morgan fingerprint density at radius 3 is 2.73 bits per heavy atom. The number of carbonyl (C=O) groups is 2. The van der Waals surface area contributed by atoms with Crippen molar-refractivity contribution in [2.24, 2.45) is 0 Å². The highest BCUT2D eigenvalue weighted by Gasteiger charge is 2.19. The molecular weight excluding hydrogens is 302 g/mol. The van der Waals surface area contributed by atoms with Gasteiger partial charge in [0.1, 0.15) is 0 Å². The maximum Gasteiger partial charge on any atom is 0.321 e. The van der Waals surface area contributed by atoms with Crippen molar-refractivity contribution >= 4 is 23.7 Å². The Hall–Kier alpha value is -2.28. The molecule has 0 unspecified atom stereocenters. The third kappa shape index (κ3) is 4.36. The topological polar surface area (TPSA) is 84.2 Å². The zero-order chi connectivity index (χ0) is 15.9. The molecule has 1 atom stereocenters. The normalized spacial score (nSPS) is 11.7. The number of aromatic nitrogens is 1. The van der Waals surface area contributed by atoms with E-state index in [-0.39, 0.29) is 0 Å². The van der Waals surface area contributed by atoms with Gasteiger partial charge in [0.2, 0.25) is 5.91 Å². The lowest BCUT2D eigenvalue weighted by Gasteiger charge is -2.09. The van der Waals surface area contributed by atoms with Crippen LogP contribution in [-0.2, 0) is 4.79 Å². The lowest BCUT2D eigenvalue weighted by Crippen LogP contribution is -2.42. The van der Waals surface area contributed by atoms with Crippen LogP contribution in [0.2, 0.25) is 0 Å². The van der Waals surface area contributed by atoms with Crippen molar-refractivity contribution in [3.63, 3.8) is 0 Å². The van der Waals surface area contributed by atoms with Crippen LogP contribution in [-0.4, -0.2) is 28.7 Å². The first-order chi connectivity index (χ1) is 10.6. The van der Waals surface area contributed by atoms with Crippen molar-refractivity contribution in [3.05, 3.63) is 36.5 Å². The van der Waals surface area contributed by atoms with E-state index in [2.05, 4.69) is 15.6 Å². The average molecular weight is 319 g/mol. The van der Waals surface area contributed by atoms with Crippen molar-refractivity contribution in [2.45, 2.75) is 24.3 Å². The maximum atomic E-state index is 11.8. The predicted octanol–water partition coefficient (Wildman–Crippen LogP) is 2.67. The molecule has 2 N–H and O–H groups in total. The quantitative estimate of drug-likeness (QED) is 0.828. The molecule has 3 amide bonds. The van der Waals surface area contributed by atoms with Crippen LogP contribution in [0, 0.1) is 0 Å². The summed E-state index contributed by atoms with van der Waals surface area (Å²) in [6, 6.07) is 9.07. The molecule has 0 bridgehead atoms. The minimum atomic E-state index is -0.502. The summed E-state index contributed by atoms with van der Waals surface area (Å²) in [6.45, 7) is 3.92. The molecule has 0 saturated carbocycles. The zero-order valence-corrected chi connectivity index (χ0v) is 13.1. The van der Waals surface area contributed by atoms with Crippen molar-refractivity contribution in [1.82, 2.24) is 15.6 Å². The summed E-state index contributed by atoms with van der Waals surface area (Å²) >= 11 is 1.16. The minimum absolute atomic E-state index is 0.386. The number of amides is 3. The van der Waals surface area contributed by atoms with Crippen molar-refractivity contribution in [2.75, 3.05) is 6.54 Å². The summed E-state index contributed by atoms with van der Waals surface area (Å²) < 4.78 is 5.61.